The number of hydrogen-bond donors (Lipinski definition) is 0. The Balaban J connectivity index is 2.38. The van der Waals surface area contributed by atoms with Crippen molar-refractivity contribution in [1.82, 2.24) is 9.55 Å². The van der Waals surface area contributed by atoms with Crippen LogP contribution >= 0.6 is 15.9 Å². The Morgan fingerprint density at radius 3 is 2.74 bits per heavy atom. The van der Waals surface area contributed by atoms with Gasteiger partial charge in [-0.3, -0.25) is 4.79 Å². The molecule has 1 aromatic heterocycles. The molecule has 0 atom stereocenters. The Hall–Kier alpha value is -1.69. The summed E-state index contributed by atoms with van der Waals surface area (Å²) in [7, 11) is 0. The highest BCUT2D eigenvalue weighted by Gasteiger charge is 2.10. The molecule has 0 fully saturated rings. The molecule has 0 aliphatic heterocycles. The van der Waals surface area contributed by atoms with Crippen LogP contribution in [0, 0.1) is 5.82 Å². The molecule has 1 aromatic carbocycles. The quantitative estimate of drug-likeness (QED) is 0.866. The van der Waals surface area contributed by atoms with Gasteiger partial charge in [0.05, 0.1) is 0 Å². The zero-order valence-corrected chi connectivity index (χ0v) is 12.0. The number of hydrogen-bond acceptors (Lipinski definition) is 3. The number of ether oxygens (including phenoxy) is 1. The van der Waals surface area contributed by atoms with Crippen molar-refractivity contribution in [2.45, 2.75) is 19.9 Å². The van der Waals surface area contributed by atoms with Gasteiger partial charge in [0.25, 0.3) is 5.88 Å². The molecule has 0 unspecified atom stereocenters. The number of halogens is 2. The Morgan fingerprint density at radius 2 is 2.11 bits per heavy atom. The first kappa shape index (κ1) is 13.7. The maximum absolute atomic E-state index is 13.2. The lowest BCUT2D eigenvalue weighted by molar-refractivity contribution is 0.433. The predicted octanol–water partition coefficient (Wildman–Crippen LogP) is 3.52. The molecule has 2 aromatic rings. The molecular weight excluding hydrogens is 315 g/mol. The van der Waals surface area contributed by atoms with Crippen molar-refractivity contribution >= 4 is 15.9 Å². The normalized spacial score (nSPS) is 10.8. The summed E-state index contributed by atoms with van der Waals surface area (Å²) < 4.78 is 20.6. The van der Waals surface area contributed by atoms with E-state index in [2.05, 4.69) is 20.9 Å². The van der Waals surface area contributed by atoms with Crippen LogP contribution in [0.2, 0.25) is 0 Å². The fraction of sp³-hybridized carbons (Fsp3) is 0.231. The second-order valence-corrected chi connectivity index (χ2v) is 5.16. The van der Waals surface area contributed by atoms with Gasteiger partial charge in [0.2, 0.25) is 0 Å². The van der Waals surface area contributed by atoms with Gasteiger partial charge in [0, 0.05) is 29.0 Å². The van der Waals surface area contributed by atoms with Crippen LogP contribution < -0.4 is 10.3 Å². The summed E-state index contributed by atoms with van der Waals surface area (Å²) in [5, 5.41) is 0. The van der Waals surface area contributed by atoms with Gasteiger partial charge in [-0.2, -0.15) is 0 Å². The summed E-state index contributed by atoms with van der Waals surface area (Å²) in [6.07, 6.45) is 3.06. The minimum atomic E-state index is -0.454. The molecule has 0 radical (unpaired) electrons. The average molecular weight is 327 g/mol. The molecule has 0 N–H and O–H groups in total. The lowest BCUT2D eigenvalue weighted by Gasteiger charge is -2.11. The summed E-state index contributed by atoms with van der Waals surface area (Å²) in [6, 6.07) is 4.06. The van der Waals surface area contributed by atoms with Crippen LogP contribution in [0.1, 0.15) is 19.9 Å². The zero-order valence-electron chi connectivity index (χ0n) is 10.4. The molecule has 0 bridgehead atoms. The molecule has 0 spiro atoms. The number of aromatic nitrogens is 2. The van der Waals surface area contributed by atoms with Crippen molar-refractivity contribution < 1.29 is 9.13 Å². The number of rotatable bonds is 3. The van der Waals surface area contributed by atoms with E-state index in [4.69, 9.17) is 4.74 Å². The van der Waals surface area contributed by atoms with Crippen LogP contribution in [-0.2, 0) is 0 Å². The Bertz CT molecular complexity index is 635. The van der Waals surface area contributed by atoms with Crippen molar-refractivity contribution in [3.63, 3.8) is 0 Å². The lowest BCUT2D eigenvalue weighted by Crippen LogP contribution is -2.23. The first-order valence-corrected chi connectivity index (χ1v) is 6.48. The van der Waals surface area contributed by atoms with Crippen LogP contribution in [0.4, 0.5) is 4.39 Å². The molecule has 0 amide bonds. The Labute approximate surface area is 118 Å². The van der Waals surface area contributed by atoms with E-state index in [0.29, 0.717) is 4.47 Å². The van der Waals surface area contributed by atoms with Gasteiger partial charge in [-0.1, -0.05) is 15.9 Å². The fourth-order valence-electron chi connectivity index (χ4n) is 1.58. The molecule has 19 heavy (non-hydrogen) atoms. The maximum Gasteiger partial charge on any atom is 0.313 e. The van der Waals surface area contributed by atoms with Crippen LogP contribution in [0.5, 0.6) is 11.6 Å². The summed E-state index contributed by atoms with van der Waals surface area (Å²) in [4.78, 5) is 15.9. The van der Waals surface area contributed by atoms with E-state index in [1.165, 1.54) is 22.9 Å². The molecule has 2 rings (SSSR count). The third kappa shape index (κ3) is 3.20. The fourth-order valence-corrected chi connectivity index (χ4v) is 2.03. The topological polar surface area (TPSA) is 44.1 Å². The van der Waals surface area contributed by atoms with E-state index < -0.39 is 5.82 Å². The Morgan fingerprint density at radius 1 is 1.37 bits per heavy atom. The SMILES string of the molecule is CC(C)n1ccnc(Oc2cc(F)cc(Br)c2)c1=O. The maximum atomic E-state index is 13.2. The summed E-state index contributed by atoms with van der Waals surface area (Å²) in [6.45, 7) is 3.76. The number of nitrogens with zero attached hydrogens (tertiary/aromatic N) is 2. The van der Waals surface area contributed by atoms with Gasteiger partial charge in [0.1, 0.15) is 11.6 Å². The van der Waals surface area contributed by atoms with Crippen molar-refractivity contribution in [3.05, 3.63) is 51.2 Å². The van der Waals surface area contributed by atoms with E-state index in [-0.39, 0.29) is 23.2 Å². The predicted molar refractivity (Wildman–Crippen MR) is 73.1 cm³/mol. The van der Waals surface area contributed by atoms with E-state index >= 15 is 0 Å². The third-order valence-electron chi connectivity index (χ3n) is 2.44. The molecule has 0 saturated heterocycles. The third-order valence-corrected chi connectivity index (χ3v) is 2.90. The van der Waals surface area contributed by atoms with Crippen molar-refractivity contribution in [2.75, 3.05) is 0 Å². The highest BCUT2D eigenvalue weighted by molar-refractivity contribution is 9.10. The van der Waals surface area contributed by atoms with Crippen molar-refractivity contribution in [1.29, 1.82) is 0 Å². The van der Waals surface area contributed by atoms with Gasteiger partial charge in [0.15, 0.2) is 0 Å². The Kier molecular flexibility index (Phi) is 3.99. The highest BCUT2D eigenvalue weighted by Crippen LogP contribution is 2.23. The van der Waals surface area contributed by atoms with Crippen LogP contribution in [0.3, 0.4) is 0 Å². The van der Waals surface area contributed by atoms with Gasteiger partial charge in [-0.15, -0.1) is 0 Å². The number of benzene rings is 1. The molecule has 100 valence electrons. The molecule has 0 aliphatic rings. The summed E-state index contributed by atoms with van der Waals surface area (Å²) in [5.41, 5.74) is -0.349. The molecule has 6 heteroatoms. The smallest absolute Gasteiger partial charge is 0.313 e. The first-order chi connectivity index (χ1) is 8.97. The van der Waals surface area contributed by atoms with Gasteiger partial charge < -0.3 is 9.30 Å². The minimum absolute atomic E-state index is 0.00269. The van der Waals surface area contributed by atoms with Gasteiger partial charge >= 0.3 is 5.56 Å². The standard InChI is InChI=1S/C13H12BrFN2O2/c1-8(2)17-4-3-16-12(13(17)18)19-11-6-9(14)5-10(15)7-11/h3-8H,1-2H3. The van der Waals surface area contributed by atoms with E-state index in [1.54, 1.807) is 12.3 Å². The van der Waals surface area contributed by atoms with Crippen LogP contribution in [0.25, 0.3) is 0 Å². The molecular formula is C13H12BrFN2O2. The highest BCUT2D eigenvalue weighted by atomic mass is 79.9. The summed E-state index contributed by atoms with van der Waals surface area (Å²) in [5.74, 6) is -0.309. The zero-order chi connectivity index (χ0) is 14.0. The van der Waals surface area contributed by atoms with Crippen molar-refractivity contribution in [2.24, 2.45) is 0 Å². The van der Waals surface area contributed by atoms with Crippen LogP contribution in [0.15, 0.2) is 39.9 Å². The second-order valence-electron chi connectivity index (χ2n) is 4.25. The minimum Gasteiger partial charge on any atom is -0.434 e. The first-order valence-electron chi connectivity index (χ1n) is 5.68. The monoisotopic (exact) mass is 326 g/mol. The van der Waals surface area contributed by atoms with Gasteiger partial charge in [-0.25, -0.2) is 9.37 Å². The average Bonchev–Trinajstić information content (AvgIpc) is 2.30. The molecule has 0 aliphatic carbocycles. The van der Waals surface area contributed by atoms with E-state index in [0.717, 1.165) is 0 Å². The summed E-state index contributed by atoms with van der Waals surface area (Å²) >= 11 is 3.16. The molecule has 4 nitrogen and oxygen atoms in total. The van der Waals surface area contributed by atoms with E-state index in [9.17, 15) is 9.18 Å². The largest absolute Gasteiger partial charge is 0.434 e. The molecule has 0 saturated carbocycles. The van der Waals surface area contributed by atoms with Gasteiger partial charge in [-0.05, 0) is 26.0 Å². The van der Waals surface area contributed by atoms with Crippen LogP contribution in [-0.4, -0.2) is 9.55 Å². The molecule has 1 heterocycles. The second kappa shape index (κ2) is 5.52. The van der Waals surface area contributed by atoms with E-state index in [1.807, 2.05) is 13.8 Å². The lowest BCUT2D eigenvalue weighted by atomic mass is 10.3. The van der Waals surface area contributed by atoms with Crippen molar-refractivity contribution in [3.8, 4) is 11.6 Å².